The first-order valence-corrected chi connectivity index (χ1v) is 6.34. The molecule has 4 heteroatoms. The summed E-state index contributed by atoms with van der Waals surface area (Å²) in [5, 5.41) is 0. The molecule has 16 heavy (non-hydrogen) atoms. The lowest BCUT2D eigenvalue weighted by molar-refractivity contribution is 0.424. The molecule has 2 nitrogen and oxygen atoms in total. The van der Waals surface area contributed by atoms with E-state index in [2.05, 4.69) is 27.8 Å². The zero-order chi connectivity index (χ0) is 11.7. The molecule has 2 atom stereocenters. The van der Waals surface area contributed by atoms with Crippen LogP contribution in [-0.2, 0) is 0 Å². The fraction of sp³-hybridized carbons (Fsp3) is 0.500. The van der Waals surface area contributed by atoms with E-state index in [1.54, 1.807) is 0 Å². The number of hydrogen-bond acceptors (Lipinski definition) is 2. The summed E-state index contributed by atoms with van der Waals surface area (Å²) in [5.41, 5.74) is 6.58. The molecule has 2 rings (SSSR count). The standard InChI is InChI=1S/C12H16BrFN2/c1-8-6-10(15)4-5-16(8)12-3-2-9(13)7-11(12)14/h2-3,7-8,10H,4-6,15H2,1H3. The molecule has 0 aliphatic carbocycles. The van der Waals surface area contributed by atoms with Crippen molar-refractivity contribution in [3.63, 3.8) is 0 Å². The predicted octanol–water partition coefficient (Wildman–Crippen LogP) is 2.90. The van der Waals surface area contributed by atoms with Crippen LogP contribution in [-0.4, -0.2) is 18.6 Å². The van der Waals surface area contributed by atoms with Gasteiger partial charge >= 0.3 is 0 Å². The minimum atomic E-state index is -0.170. The van der Waals surface area contributed by atoms with Crippen LogP contribution in [0.2, 0.25) is 0 Å². The highest BCUT2D eigenvalue weighted by Crippen LogP contribution is 2.28. The Morgan fingerprint density at radius 1 is 1.50 bits per heavy atom. The third-order valence-electron chi connectivity index (χ3n) is 3.14. The van der Waals surface area contributed by atoms with Crippen LogP contribution in [0.4, 0.5) is 10.1 Å². The summed E-state index contributed by atoms with van der Waals surface area (Å²) in [7, 11) is 0. The van der Waals surface area contributed by atoms with Gasteiger partial charge in [-0.1, -0.05) is 15.9 Å². The van der Waals surface area contributed by atoms with Crippen molar-refractivity contribution in [2.75, 3.05) is 11.4 Å². The highest BCUT2D eigenvalue weighted by molar-refractivity contribution is 9.10. The Hall–Kier alpha value is -0.610. The molecule has 1 aliphatic rings. The number of nitrogens with two attached hydrogens (primary N) is 1. The summed E-state index contributed by atoms with van der Waals surface area (Å²) >= 11 is 3.27. The number of piperidine rings is 1. The Bertz CT molecular complexity index is 383. The number of anilines is 1. The van der Waals surface area contributed by atoms with Gasteiger partial charge in [0.2, 0.25) is 0 Å². The maximum atomic E-state index is 13.8. The van der Waals surface area contributed by atoms with Crippen molar-refractivity contribution < 1.29 is 4.39 Å². The molecule has 2 N–H and O–H groups in total. The molecule has 88 valence electrons. The van der Waals surface area contributed by atoms with Gasteiger partial charge in [0.05, 0.1) is 5.69 Å². The van der Waals surface area contributed by atoms with E-state index in [0.717, 1.165) is 23.9 Å². The van der Waals surface area contributed by atoms with Crippen molar-refractivity contribution in [2.45, 2.75) is 31.8 Å². The molecule has 2 unspecified atom stereocenters. The van der Waals surface area contributed by atoms with Gasteiger partial charge in [0.15, 0.2) is 0 Å². The predicted molar refractivity (Wildman–Crippen MR) is 68.1 cm³/mol. The molecule has 0 bridgehead atoms. The van der Waals surface area contributed by atoms with Gasteiger partial charge in [0, 0.05) is 23.1 Å². The van der Waals surface area contributed by atoms with Gasteiger partial charge in [-0.2, -0.15) is 0 Å². The van der Waals surface area contributed by atoms with E-state index in [9.17, 15) is 4.39 Å². The van der Waals surface area contributed by atoms with E-state index in [1.807, 2.05) is 12.1 Å². The fourth-order valence-electron chi connectivity index (χ4n) is 2.28. The summed E-state index contributed by atoms with van der Waals surface area (Å²) in [5.74, 6) is -0.170. The average Bonchev–Trinajstić information content (AvgIpc) is 2.19. The minimum absolute atomic E-state index is 0.170. The zero-order valence-electron chi connectivity index (χ0n) is 9.29. The highest BCUT2D eigenvalue weighted by atomic mass is 79.9. The zero-order valence-corrected chi connectivity index (χ0v) is 10.9. The van der Waals surface area contributed by atoms with E-state index >= 15 is 0 Å². The summed E-state index contributed by atoms with van der Waals surface area (Å²) in [6.07, 6.45) is 1.86. The van der Waals surface area contributed by atoms with Crippen LogP contribution in [0.25, 0.3) is 0 Å². The summed E-state index contributed by atoms with van der Waals surface area (Å²) in [4.78, 5) is 2.10. The molecule has 1 heterocycles. The first-order valence-electron chi connectivity index (χ1n) is 5.55. The molecule has 1 aliphatic heterocycles. The Morgan fingerprint density at radius 2 is 2.25 bits per heavy atom. The molecular weight excluding hydrogens is 271 g/mol. The molecule has 0 amide bonds. The molecule has 0 saturated carbocycles. The third kappa shape index (κ3) is 2.38. The fourth-order valence-corrected chi connectivity index (χ4v) is 2.61. The smallest absolute Gasteiger partial charge is 0.147 e. The van der Waals surface area contributed by atoms with E-state index in [0.29, 0.717) is 11.7 Å². The Balaban J connectivity index is 2.23. The molecular formula is C12H16BrFN2. The van der Waals surface area contributed by atoms with Crippen LogP contribution in [0, 0.1) is 5.82 Å². The minimum Gasteiger partial charge on any atom is -0.366 e. The van der Waals surface area contributed by atoms with E-state index < -0.39 is 0 Å². The van der Waals surface area contributed by atoms with Crippen molar-refractivity contribution in [1.29, 1.82) is 0 Å². The van der Waals surface area contributed by atoms with E-state index in [4.69, 9.17) is 5.73 Å². The lowest BCUT2D eigenvalue weighted by atomic mass is 9.98. The van der Waals surface area contributed by atoms with E-state index in [1.165, 1.54) is 6.07 Å². The number of rotatable bonds is 1. The van der Waals surface area contributed by atoms with Gasteiger partial charge in [-0.25, -0.2) is 4.39 Å². The number of hydrogen-bond donors (Lipinski definition) is 1. The quantitative estimate of drug-likeness (QED) is 0.860. The lowest BCUT2D eigenvalue weighted by Gasteiger charge is -2.38. The van der Waals surface area contributed by atoms with Gasteiger partial charge in [0.25, 0.3) is 0 Å². The SMILES string of the molecule is CC1CC(N)CCN1c1ccc(Br)cc1F. The number of benzene rings is 1. The lowest BCUT2D eigenvalue weighted by Crippen LogP contribution is -2.45. The summed E-state index contributed by atoms with van der Waals surface area (Å²) < 4.78 is 14.6. The van der Waals surface area contributed by atoms with Crippen molar-refractivity contribution in [3.05, 3.63) is 28.5 Å². The van der Waals surface area contributed by atoms with Crippen LogP contribution in [0.15, 0.2) is 22.7 Å². The third-order valence-corrected chi connectivity index (χ3v) is 3.63. The van der Waals surface area contributed by atoms with Gasteiger partial charge in [-0.05, 0) is 38.0 Å². The first kappa shape index (κ1) is 11.9. The molecule has 0 aromatic heterocycles. The largest absolute Gasteiger partial charge is 0.366 e. The Kier molecular flexibility index (Phi) is 3.50. The van der Waals surface area contributed by atoms with E-state index in [-0.39, 0.29) is 11.9 Å². The Morgan fingerprint density at radius 3 is 2.88 bits per heavy atom. The van der Waals surface area contributed by atoms with Gasteiger partial charge in [-0.15, -0.1) is 0 Å². The summed E-state index contributed by atoms with van der Waals surface area (Å²) in [6, 6.07) is 5.77. The second-order valence-electron chi connectivity index (χ2n) is 4.42. The second-order valence-corrected chi connectivity index (χ2v) is 5.34. The van der Waals surface area contributed by atoms with Crippen molar-refractivity contribution in [2.24, 2.45) is 5.73 Å². The average molecular weight is 287 g/mol. The van der Waals surface area contributed by atoms with Crippen LogP contribution in [0.3, 0.4) is 0 Å². The van der Waals surface area contributed by atoms with Gasteiger partial charge in [-0.3, -0.25) is 0 Å². The second kappa shape index (κ2) is 4.72. The molecule has 0 spiro atoms. The number of nitrogens with zero attached hydrogens (tertiary/aromatic N) is 1. The highest BCUT2D eigenvalue weighted by Gasteiger charge is 2.25. The van der Waals surface area contributed by atoms with Crippen LogP contribution in [0.5, 0.6) is 0 Å². The Labute approximate surface area is 104 Å². The summed E-state index contributed by atoms with van der Waals surface area (Å²) in [6.45, 7) is 2.93. The van der Waals surface area contributed by atoms with Crippen molar-refractivity contribution in [3.8, 4) is 0 Å². The normalized spacial score (nSPS) is 25.9. The van der Waals surface area contributed by atoms with Crippen molar-refractivity contribution in [1.82, 2.24) is 0 Å². The van der Waals surface area contributed by atoms with Crippen LogP contribution in [0.1, 0.15) is 19.8 Å². The number of halogens is 2. The maximum Gasteiger partial charge on any atom is 0.147 e. The van der Waals surface area contributed by atoms with Crippen LogP contribution >= 0.6 is 15.9 Å². The molecule has 0 radical (unpaired) electrons. The molecule has 1 aromatic carbocycles. The van der Waals surface area contributed by atoms with Gasteiger partial charge < -0.3 is 10.6 Å². The first-order chi connectivity index (χ1) is 7.58. The van der Waals surface area contributed by atoms with Crippen molar-refractivity contribution >= 4 is 21.6 Å². The van der Waals surface area contributed by atoms with Crippen LogP contribution < -0.4 is 10.6 Å². The monoisotopic (exact) mass is 286 g/mol. The molecule has 1 fully saturated rings. The molecule has 1 aromatic rings. The molecule has 1 saturated heterocycles. The maximum absolute atomic E-state index is 13.8. The van der Waals surface area contributed by atoms with Gasteiger partial charge in [0.1, 0.15) is 5.82 Å². The topological polar surface area (TPSA) is 29.3 Å².